The SMILES string of the molecule is COCCN(C)CCNC(=O)c1c(F)cccc1Br. The molecule has 1 aromatic carbocycles. The molecule has 0 bridgehead atoms. The normalized spacial score (nSPS) is 10.8. The highest BCUT2D eigenvalue weighted by Gasteiger charge is 2.14. The number of nitrogens with zero attached hydrogens (tertiary/aromatic N) is 1. The number of methoxy groups -OCH3 is 1. The van der Waals surface area contributed by atoms with Gasteiger partial charge in [0.05, 0.1) is 12.2 Å². The van der Waals surface area contributed by atoms with E-state index in [1.54, 1.807) is 19.2 Å². The van der Waals surface area contributed by atoms with Crippen LogP contribution in [0.25, 0.3) is 0 Å². The molecule has 4 nitrogen and oxygen atoms in total. The molecule has 0 aliphatic carbocycles. The number of carbonyl (C=O) groups excluding carboxylic acids is 1. The zero-order valence-corrected chi connectivity index (χ0v) is 12.7. The molecular weight excluding hydrogens is 315 g/mol. The fourth-order valence-corrected chi connectivity index (χ4v) is 2.04. The van der Waals surface area contributed by atoms with E-state index in [0.29, 0.717) is 24.2 Å². The molecule has 106 valence electrons. The van der Waals surface area contributed by atoms with Crippen molar-refractivity contribution in [2.45, 2.75) is 0 Å². The van der Waals surface area contributed by atoms with Crippen LogP contribution in [0, 0.1) is 5.82 Å². The maximum absolute atomic E-state index is 13.5. The first kappa shape index (κ1) is 16.1. The number of hydrogen-bond donors (Lipinski definition) is 1. The molecule has 19 heavy (non-hydrogen) atoms. The second-order valence-corrected chi connectivity index (χ2v) is 5.00. The molecule has 0 aromatic heterocycles. The Morgan fingerprint density at radius 1 is 1.47 bits per heavy atom. The summed E-state index contributed by atoms with van der Waals surface area (Å²) in [4.78, 5) is 13.9. The lowest BCUT2D eigenvalue weighted by Gasteiger charge is -2.16. The molecule has 1 aromatic rings. The lowest BCUT2D eigenvalue weighted by Crippen LogP contribution is -2.34. The molecule has 0 spiro atoms. The van der Waals surface area contributed by atoms with Gasteiger partial charge in [-0.2, -0.15) is 0 Å². The highest BCUT2D eigenvalue weighted by Crippen LogP contribution is 2.19. The monoisotopic (exact) mass is 332 g/mol. The number of likely N-dealkylation sites (N-methyl/N-ethyl adjacent to an activating group) is 1. The molecule has 0 saturated heterocycles. The lowest BCUT2D eigenvalue weighted by atomic mass is 10.2. The predicted molar refractivity (Wildman–Crippen MR) is 75.8 cm³/mol. The van der Waals surface area contributed by atoms with E-state index in [2.05, 4.69) is 21.2 Å². The fourth-order valence-electron chi connectivity index (χ4n) is 1.52. The number of nitrogens with one attached hydrogen (secondary N) is 1. The summed E-state index contributed by atoms with van der Waals surface area (Å²) in [5, 5.41) is 2.70. The Labute approximate surface area is 121 Å². The Morgan fingerprint density at radius 3 is 2.84 bits per heavy atom. The standard InChI is InChI=1S/C13H18BrFN2O2/c1-17(8-9-19-2)7-6-16-13(18)12-10(14)4-3-5-11(12)15/h3-5H,6-9H2,1-2H3,(H,16,18). The zero-order chi connectivity index (χ0) is 14.3. The van der Waals surface area contributed by atoms with E-state index in [0.717, 1.165) is 6.54 Å². The van der Waals surface area contributed by atoms with Gasteiger partial charge in [-0.1, -0.05) is 6.07 Å². The Hall–Kier alpha value is -0.980. The van der Waals surface area contributed by atoms with Crippen molar-refractivity contribution in [2.24, 2.45) is 0 Å². The molecule has 1 amide bonds. The van der Waals surface area contributed by atoms with Crippen molar-refractivity contribution in [3.05, 3.63) is 34.1 Å². The van der Waals surface area contributed by atoms with Gasteiger partial charge in [-0.25, -0.2) is 4.39 Å². The van der Waals surface area contributed by atoms with Gasteiger partial charge in [-0.15, -0.1) is 0 Å². The first-order chi connectivity index (χ1) is 9.06. The molecule has 0 aliphatic heterocycles. The summed E-state index contributed by atoms with van der Waals surface area (Å²) < 4.78 is 18.9. The molecule has 1 rings (SSSR count). The van der Waals surface area contributed by atoms with E-state index in [1.165, 1.54) is 6.07 Å². The Bertz CT molecular complexity index is 409. The summed E-state index contributed by atoms with van der Waals surface area (Å²) >= 11 is 3.17. The van der Waals surface area contributed by atoms with Gasteiger partial charge in [-0.05, 0) is 35.1 Å². The summed E-state index contributed by atoms with van der Waals surface area (Å²) in [5.41, 5.74) is 0.0436. The molecule has 1 N–H and O–H groups in total. The van der Waals surface area contributed by atoms with E-state index in [9.17, 15) is 9.18 Å². The Balaban J connectivity index is 2.44. The second-order valence-electron chi connectivity index (χ2n) is 4.15. The van der Waals surface area contributed by atoms with Crippen LogP contribution in [-0.4, -0.2) is 51.2 Å². The first-order valence-electron chi connectivity index (χ1n) is 5.96. The van der Waals surface area contributed by atoms with E-state index in [4.69, 9.17) is 4.74 Å². The molecule has 0 atom stereocenters. The fraction of sp³-hybridized carbons (Fsp3) is 0.462. The first-order valence-corrected chi connectivity index (χ1v) is 6.75. The van der Waals surface area contributed by atoms with Crippen LogP contribution in [-0.2, 0) is 4.74 Å². The average molecular weight is 333 g/mol. The molecule has 0 unspecified atom stereocenters. The lowest BCUT2D eigenvalue weighted by molar-refractivity contribution is 0.0942. The maximum Gasteiger partial charge on any atom is 0.255 e. The maximum atomic E-state index is 13.5. The van der Waals surface area contributed by atoms with Crippen LogP contribution in [0.2, 0.25) is 0 Å². The van der Waals surface area contributed by atoms with Crippen LogP contribution < -0.4 is 5.32 Å². The minimum absolute atomic E-state index is 0.0436. The highest BCUT2D eigenvalue weighted by molar-refractivity contribution is 9.10. The van der Waals surface area contributed by atoms with Crippen LogP contribution in [0.15, 0.2) is 22.7 Å². The number of benzene rings is 1. The van der Waals surface area contributed by atoms with Crippen LogP contribution in [0.1, 0.15) is 10.4 Å². The van der Waals surface area contributed by atoms with Crippen LogP contribution in [0.4, 0.5) is 4.39 Å². The summed E-state index contributed by atoms with van der Waals surface area (Å²) in [6.07, 6.45) is 0. The predicted octanol–water partition coefficient (Wildman–Crippen LogP) is 1.90. The van der Waals surface area contributed by atoms with Gasteiger partial charge in [0.15, 0.2) is 0 Å². The summed E-state index contributed by atoms with van der Waals surface area (Å²) in [5.74, 6) is -0.940. The van der Waals surface area contributed by atoms with E-state index in [-0.39, 0.29) is 5.56 Å². The minimum atomic E-state index is -0.528. The summed E-state index contributed by atoms with van der Waals surface area (Å²) in [7, 11) is 3.58. The van der Waals surface area contributed by atoms with Gasteiger partial charge in [-0.3, -0.25) is 4.79 Å². The van der Waals surface area contributed by atoms with Gasteiger partial charge >= 0.3 is 0 Å². The Morgan fingerprint density at radius 2 is 2.21 bits per heavy atom. The van der Waals surface area contributed by atoms with E-state index >= 15 is 0 Å². The second kappa shape index (κ2) is 8.24. The zero-order valence-electron chi connectivity index (χ0n) is 11.1. The molecule has 0 aliphatic rings. The smallest absolute Gasteiger partial charge is 0.255 e. The number of amides is 1. The third-order valence-corrected chi connectivity index (χ3v) is 3.31. The van der Waals surface area contributed by atoms with Gasteiger partial charge in [0.2, 0.25) is 0 Å². The number of rotatable bonds is 7. The van der Waals surface area contributed by atoms with Crippen LogP contribution in [0.3, 0.4) is 0 Å². The highest BCUT2D eigenvalue weighted by atomic mass is 79.9. The van der Waals surface area contributed by atoms with Crippen LogP contribution >= 0.6 is 15.9 Å². The third-order valence-electron chi connectivity index (χ3n) is 2.65. The van der Waals surface area contributed by atoms with Crippen molar-refractivity contribution in [2.75, 3.05) is 40.4 Å². The largest absolute Gasteiger partial charge is 0.383 e. The summed E-state index contributed by atoms with van der Waals surface area (Å²) in [6, 6.07) is 4.46. The number of ether oxygens (including phenoxy) is 1. The van der Waals surface area contributed by atoms with Crippen LogP contribution in [0.5, 0.6) is 0 Å². The van der Waals surface area contributed by atoms with E-state index in [1.807, 2.05) is 11.9 Å². The van der Waals surface area contributed by atoms with Gasteiger partial charge in [0.25, 0.3) is 5.91 Å². The minimum Gasteiger partial charge on any atom is -0.383 e. The molecule has 0 heterocycles. The van der Waals surface area contributed by atoms with Gasteiger partial charge < -0.3 is 15.0 Å². The van der Waals surface area contributed by atoms with Gasteiger partial charge in [0, 0.05) is 31.2 Å². The molecular formula is C13H18BrFN2O2. The molecule has 6 heteroatoms. The molecule has 0 radical (unpaired) electrons. The third kappa shape index (κ3) is 5.26. The van der Waals surface area contributed by atoms with Gasteiger partial charge in [0.1, 0.15) is 5.82 Å². The quantitative estimate of drug-likeness (QED) is 0.829. The average Bonchev–Trinajstić information content (AvgIpc) is 2.36. The van der Waals surface area contributed by atoms with E-state index < -0.39 is 11.7 Å². The number of carbonyl (C=O) groups is 1. The van der Waals surface area contributed by atoms with Crippen molar-refractivity contribution in [1.29, 1.82) is 0 Å². The van der Waals surface area contributed by atoms with Crippen molar-refractivity contribution in [3.63, 3.8) is 0 Å². The topological polar surface area (TPSA) is 41.6 Å². The van der Waals surface area contributed by atoms with Crippen molar-refractivity contribution in [1.82, 2.24) is 10.2 Å². The van der Waals surface area contributed by atoms with Crippen molar-refractivity contribution >= 4 is 21.8 Å². The Kier molecular flexibility index (Phi) is 6.97. The van der Waals surface area contributed by atoms with Crippen molar-refractivity contribution < 1.29 is 13.9 Å². The number of halogens is 2. The molecule has 0 fully saturated rings. The number of hydrogen-bond acceptors (Lipinski definition) is 3. The molecule has 0 saturated carbocycles. The van der Waals surface area contributed by atoms with Crippen molar-refractivity contribution in [3.8, 4) is 0 Å². The summed E-state index contributed by atoms with van der Waals surface area (Å²) in [6.45, 7) is 2.57.